The van der Waals surface area contributed by atoms with Gasteiger partial charge in [-0.1, -0.05) is 16.5 Å². The van der Waals surface area contributed by atoms with Crippen molar-refractivity contribution in [3.05, 3.63) is 29.0 Å². The molecule has 0 saturated carbocycles. The Morgan fingerprint density at radius 3 is 2.71 bits per heavy atom. The minimum Gasteiger partial charge on any atom is -0.382 e. The Kier molecular flexibility index (Phi) is 5.29. The summed E-state index contributed by atoms with van der Waals surface area (Å²) >= 11 is 5.48. The lowest BCUT2D eigenvalue weighted by Gasteiger charge is -2.07. The number of nitrogens with one attached hydrogen (secondary N) is 1. The first kappa shape index (κ1) is 14.3. The maximum absolute atomic E-state index is 12.8. The van der Waals surface area contributed by atoms with Crippen LogP contribution in [0.2, 0.25) is 5.02 Å². The van der Waals surface area contributed by atoms with Crippen LogP contribution < -0.4 is 4.89 Å². The summed E-state index contributed by atoms with van der Waals surface area (Å²) in [6.45, 7) is 0.303. The van der Waals surface area contributed by atoms with E-state index in [0.717, 1.165) is 18.2 Å². The Bertz CT molecular complexity index is 480. The lowest BCUT2D eigenvalue weighted by molar-refractivity contribution is 0.0438. The van der Waals surface area contributed by atoms with Crippen LogP contribution in [-0.2, 0) is 19.6 Å². The largest absolute Gasteiger partial charge is 0.382 e. The van der Waals surface area contributed by atoms with E-state index in [4.69, 9.17) is 11.6 Å². The van der Waals surface area contributed by atoms with Crippen molar-refractivity contribution in [2.45, 2.75) is 4.90 Å². The third-order valence-corrected chi connectivity index (χ3v) is 3.26. The third-order valence-electron chi connectivity index (χ3n) is 1.76. The molecule has 0 heterocycles. The highest BCUT2D eigenvalue weighted by atomic mass is 35.5. The number of methoxy groups -OCH3 is 1. The van der Waals surface area contributed by atoms with Crippen LogP contribution in [0.5, 0.6) is 0 Å². The second kappa shape index (κ2) is 6.27. The van der Waals surface area contributed by atoms with Gasteiger partial charge in [-0.3, -0.25) is 4.84 Å². The number of hydrogen-bond donors (Lipinski definition) is 1. The molecule has 1 rings (SSSR count). The van der Waals surface area contributed by atoms with Gasteiger partial charge in [-0.2, -0.15) is 0 Å². The Labute approximate surface area is 103 Å². The van der Waals surface area contributed by atoms with Crippen LogP contribution in [-0.4, -0.2) is 28.7 Å². The van der Waals surface area contributed by atoms with Crippen LogP contribution in [0.15, 0.2) is 23.1 Å². The summed E-state index contributed by atoms with van der Waals surface area (Å²) in [5.74, 6) is -0.689. The van der Waals surface area contributed by atoms with E-state index in [9.17, 15) is 12.8 Å². The lowest BCUT2D eigenvalue weighted by Crippen LogP contribution is -2.25. The highest BCUT2D eigenvalue weighted by Gasteiger charge is 2.15. The van der Waals surface area contributed by atoms with Crippen LogP contribution in [0.3, 0.4) is 0 Å². The topological polar surface area (TPSA) is 64.6 Å². The van der Waals surface area contributed by atoms with Crippen molar-refractivity contribution in [2.24, 2.45) is 0 Å². The van der Waals surface area contributed by atoms with Gasteiger partial charge in [0.15, 0.2) is 0 Å². The predicted octanol–water partition coefficient (Wildman–Crippen LogP) is 1.34. The monoisotopic (exact) mass is 283 g/mol. The standard InChI is InChI=1S/C9H11ClFNO4S/c1-15-4-5-16-12-17(13,14)7-2-3-9(11)8(10)6-7/h2-3,6,12H,4-5H2,1H3. The summed E-state index contributed by atoms with van der Waals surface area (Å²) in [4.78, 5) is 6.35. The molecule has 0 radical (unpaired) electrons. The van der Waals surface area contributed by atoms with E-state index in [-0.39, 0.29) is 23.1 Å². The first-order valence-corrected chi connectivity index (χ1v) is 6.41. The van der Waals surface area contributed by atoms with Crippen LogP contribution in [0.1, 0.15) is 0 Å². The minimum absolute atomic E-state index is 0.0602. The quantitative estimate of drug-likeness (QED) is 0.632. The molecule has 0 saturated heterocycles. The molecule has 1 aromatic carbocycles. The number of hydrogen-bond acceptors (Lipinski definition) is 4. The van der Waals surface area contributed by atoms with Gasteiger partial charge < -0.3 is 4.74 Å². The normalized spacial score (nSPS) is 11.7. The molecule has 0 unspecified atom stereocenters. The molecule has 0 aliphatic heterocycles. The van der Waals surface area contributed by atoms with Crippen LogP contribution >= 0.6 is 11.6 Å². The van der Waals surface area contributed by atoms with E-state index >= 15 is 0 Å². The molecule has 0 aromatic heterocycles. The highest BCUT2D eigenvalue weighted by Crippen LogP contribution is 2.19. The summed E-state index contributed by atoms with van der Waals surface area (Å²) in [7, 11) is -2.40. The van der Waals surface area contributed by atoms with E-state index in [1.165, 1.54) is 7.11 Å². The molecule has 0 atom stereocenters. The number of benzene rings is 1. The maximum Gasteiger partial charge on any atom is 0.262 e. The van der Waals surface area contributed by atoms with E-state index < -0.39 is 15.8 Å². The van der Waals surface area contributed by atoms with E-state index in [0.29, 0.717) is 0 Å². The van der Waals surface area contributed by atoms with Gasteiger partial charge in [0.05, 0.1) is 23.1 Å². The van der Waals surface area contributed by atoms with Gasteiger partial charge in [-0.05, 0) is 18.2 Å². The summed E-state index contributed by atoms with van der Waals surface area (Å²) in [6.07, 6.45) is 0. The fourth-order valence-electron chi connectivity index (χ4n) is 0.936. The zero-order chi connectivity index (χ0) is 12.9. The number of ether oxygens (including phenoxy) is 1. The van der Waals surface area contributed by atoms with Gasteiger partial charge in [-0.25, -0.2) is 12.8 Å². The lowest BCUT2D eigenvalue weighted by atomic mass is 10.3. The van der Waals surface area contributed by atoms with Crippen molar-refractivity contribution >= 4 is 21.6 Å². The molecule has 1 N–H and O–H groups in total. The number of rotatable bonds is 6. The van der Waals surface area contributed by atoms with Crippen molar-refractivity contribution in [3.63, 3.8) is 0 Å². The van der Waals surface area contributed by atoms with E-state index in [1.54, 1.807) is 0 Å². The summed E-state index contributed by atoms with van der Waals surface area (Å²) in [6, 6.07) is 3.05. The van der Waals surface area contributed by atoms with Gasteiger partial charge in [0.1, 0.15) is 5.82 Å². The average Bonchev–Trinajstić information content (AvgIpc) is 2.28. The molecule has 5 nitrogen and oxygen atoms in total. The first-order chi connectivity index (χ1) is 7.97. The molecule has 96 valence electrons. The molecule has 0 aliphatic rings. The van der Waals surface area contributed by atoms with E-state index in [1.807, 2.05) is 4.89 Å². The molecule has 1 aromatic rings. The van der Waals surface area contributed by atoms with Crippen LogP contribution in [0.25, 0.3) is 0 Å². The van der Waals surface area contributed by atoms with Crippen molar-refractivity contribution < 1.29 is 22.4 Å². The van der Waals surface area contributed by atoms with Crippen molar-refractivity contribution in [1.29, 1.82) is 0 Å². The Balaban J connectivity index is 2.72. The first-order valence-electron chi connectivity index (χ1n) is 4.55. The summed E-state index contributed by atoms with van der Waals surface area (Å²) < 4.78 is 40.7. The average molecular weight is 284 g/mol. The molecule has 0 bridgehead atoms. The Morgan fingerprint density at radius 2 is 2.12 bits per heavy atom. The van der Waals surface area contributed by atoms with Crippen molar-refractivity contribution in [2.75, 3.05) is 20.3 Å². The summed E-state index contributed by atoms with van der Waals surface area (Å²) in [5, 5.41) is -0.273. The summed E-state index contributed by atoms with van der Waals surface area (Å²) in [5.41, 5.74) is 0. The molecule has 0 aliphatic carbocycles. The Hall–Kier alpha value is -0.730. The molecule has 0 spiro atoms. The zero-order valence-corrected chi connectivity index (χ0v) is 10.5. The number of sulfonamides is 1. The Morgan fingerprint density at radius 1 is 1.41 bits per heavy atom. The second-order valence-corrected chi connectivity index (χ2v) is 5.06. The molecule has 0 fully saturated rings. The zero-order valence-electron chi connectivity index (χ0n) is 8.94. The van der Waals surface area contributed by atoms with Gasteiger partial charge in [0.2, 0.25) is 0 Å². The van der Waals surface area contributed by atoms with Crippen LogP contribution in [0, 0.1) is 5.82 Å². The fourth-order valence-corrected chi connectivity index (χ4v) is 2.04. The fraction of sp³-hybridized carbons (Fsp3) is 0.333. The minimum atomic E-state index is -3.86. The molecule has 0 amide bonds. The predicted molar refractivity (Wildman–Crippen MR) is 59.6 cm³/mol. The molecule has 8 heteroatoms. The van der Waals surface area contributed by atoms with E-state index in [2.05, 4.69) is 9.57 Å². The van der Waals surface area contributed by atoms with Gasteiger partial charge in [0, 0.05) is 7.11 Å². The van der Waals surface area contributed by atoms with Crippen LogP contribution in [0.4, 0.5) is 4.39 Å². The molecular weight excluding hydrogens is 273 g/mol. The second-order valence-electron chi connectivity index (χ2n) is 3.00. The van der Waals surface area contributed by atoms with Crippen molar-refractivity contribution in [1.82, 2.24) is 4.89 Å². The van der Waals surface area contributed by atoms with Gasteiger partial charge >= 0.3 is 0 Å². The number of halogens is 2. The SMILES string of the molecule is COCCONS(=O)(=O)c1ccc(F)c(Cl)c1. The smallest absolute Gasteiger partial charge is 0.262 e. The van der Waals surface area contributed by atoms with Crippen molar-refractivity contribution in [3.8, 4) is 0 Å². The van der Waals surface area contributed by atoms with Gasteiger partial charge in [0.25, 0.3) is 10.0 Å². The molecule has 17 heavy (non-hydrogen) atoms. The maximum atomic E-state index is 12.8. The highest BCUT2D eigenvalue weighted by molar-refractivity contribution is 7.89. The van der Waals surface area contributed by atoms with Gasteiger partial charge in [-0.15, -0.1) is 0 Å². The molecular formula is C9H11ClFNO4S. The third kappa shape index (κ3) is 4.21.